The summed E-state index contributed by atoms with van der Waals surface area (Å²) in [5.41, 5.74) is 0. The third-order valence-electron chi connectivity index (χ3n) is 2.02. The van der Waals surface area contributed by atoms with Gasteiger partial charge >= 0.3 is 5.97 Å². The largest absolute Gasteiger partial charge is 0.460 e. The highest BCUT2D eigenvalue weighted by molar-refractivity contribution is 5.69. The maximum Gasteiger partial charge on any atom is 0.306 e. The van der Waals surface area contributed by atoms with Crippen molar-refractivity contribution in [1.29, 1.82) is 0 Å². The molecule has 0 aromatic heterocycles. The van der Waals surface area contributed by atoms with Crippen molar-refractivity contribution in [3.05, 3.63) is 0 Å². The molecule has 90 valence electrons. The summed E-state index contributed by atoms with van der Waals surface area (Å²) < 4.78 is 10.5. The molecule has 0 aliphatic rings. The van der Waals surface area contributed by atoms with E-state index in [-0.39, 0.29) is 12.1 Å². The first-order chi connectivity index (χ1) is 7.20. The minimum absolute atomic E-state index is 0.101. The van der Waals surface area contributed by atoms with Crippen molar-refractivity contribution >= 4 is 5.97 Å². The molecular formula is C12H24O3. The molecule has 0 N–H and O–H groups in total. The van der Waals surface area contributed by atoms with Crippen LogP contribution >= 0.6 is 0 Å². The Morgan fingerprint density at radius 1 is 1.20 bits per heavy atom. The molecule has 0 aliphatic heterocycles. The van der Waals surface area contributed by atoms with Crippen molar-refractivity contribution in [3.8, 4) is 0 Å². The van der Waals surface area contributed by atoms with Crippen LogP contribution in [0.2, 0.25) is 0 Å². The molecule has 0 heterocycles. The van der Waals surface area contributed by atoms with Crippen LogP contribution in [0.1, 0.15) is 52.9 Å². The average Bonchev–Trinajstić information content (AvgIpc) is 2.18. The monoisotopic (exact) mass is 216 g/mol. The average molecular weight is 216 g/mol. The van der Waals surface area contributed by atoms with Crippen LogP contribution in [0.15, 0.2) is 0 Å². The van der Waals surface area contributed by atoms with Gasteiger partial charge in [0.05, 0.1) is 6.61 Å². The third kappa shape index (κ3) is 9.73. The maximum atomic E-state index is 11.3. The van der Waals surface area contributed by atoms with Crippen LogP contribution in [0, 0.1) is 0 Å². The lowest BCUT2D eigenvalue weighted by atomic mass is 10.2. The SMILES string of the molecule is CCCCCC(=O)OC(C)COCCC. The molecule has 1 atom stereocenters. The fourth-order valence-electron chi connectivity index (χ4n) is 1.23. The van der Waals surface area contributed by atoms with Gasteiger partial charge in [-0.25, -0.2) is 0 Å². The summed E-state index contributed by atoms with van der Waals surface area (Å²) in [6.45, 7) is 7.28. The van der Waals surface area contributed by atoms with E-state index in [9.17, 15) is 4.79 Å². The van der Waals surface area contributed by atoms with E-state index >= 15 is 0 Å². The van der Waals surface area contributed by atoms with Gasteiger partial charge in [0.25, 0.3) is 0 Å². The van der Waals surface area contributed by atoms with E-state index in [1.54, 1.807) is 0 Å². The first-order valence-corrected chi connectivity index (χ1v) is 5.97. The van der Waals surface area contributed by atoms with Crippen LogP contribution in [0.25, 0.3) is 0 Å². The summed E-state index contributed by atoms with van der Waals surface area (Å²) in [6.07, 6.45) is 4.56. The lowest BCUT2D eigenvalue weighted by Gasteiger charge is -2.13. The summed E-state index contributed by atoms with van der Waals surface area (Å²) in [4.78, 5) is 11.3. The fraction of sp³-hybridized carbons (Fsp3) is 0.917. The molecule has 0 spiro atoms. The van der Waals surface area contributed by atoms with Gasteiger partial charge in [-0.1, -0.05) is 26.7 Å². The standard InChI is InChI=1S/C12H24O3/c1-4-6-7-8-12(13)15-11(3)10-14-9-5-2/h11H,4-10H2,1-3H3. The highest BCUT2D eigenvalue weighted by Gasteiger charge is 2.08. The maximum absolute atomic E-state index is 11.3. The first kappa shape index (κ1) is 14.4. The van der Waals surface area contributed by atoms with Crippen molar-refractivity contribution < 1.29 is 14.3 Å². The van der Waals surface area contributed by atoms with Crippen LogP contribution in [-0.2, 0) is 14.3 Å². The van der Waals surface area contributed by atoms with Crippen molar-refractivity contribution in [1.82, 2.24) is 0 Å². The highest BCUT2D eigenvalue weighted by Crippen LogP contribution is 2.03. The van der Waals surface area contributed by atoms with Crippen molar-refractivity contribution in [2.75, 3.05) is 13.2 Å². The quantitative estimate of drug-likeness (QED) is 0.439. The van der Waals surface area contributed by atoms with Crippen LogP contribution in [0.5, 0.6) is 0 Å². The number of esters is 1. The van der Waals surface area contributed by atoms with Crippen LogP contribution < -0.4 is 0 Å². The Kier molecular flexibility index (Phi) is 9.59. The number of rotatable bonds is 9. The molecule has 3 nitrogen and oxygen atoms in total. The summed E-state index contributed by atoms with van der Waals surface area (Å²) in [6, 6.07) is 0. The third-order valence-corrected chi connectivity index (χ3v) is 2.02. The highest BCUT2D eigenvalue weighted by atomic mass is 16.6. The Labute approximate surface area is 93.1 Å². The van der Waals surface area contributed by atoms with E-state index in [4.69, 9.17) is 9.47 Å². The molecule has 0 fully saturated rings. The molecule has 0 saturated carbocycles. The fourth-order valence-corrected chi connectivity index (χ4v) is 1.23. The van der Waals surface area contributed by atoms with E-state index in [1.807, 2.05) is 6.92 Å². The second kappa shape index (κ2) is 9.97. The van der Waals surface area contributed by atoms with Crippen LogP contribution in [-0.4, -0.2) is 25.3 Å². The Bertz CT molecular complexity index is 157. The first-order valence-electron chi connectivity index (χ1n) is 5.97. The van der Waals surface area contributed by atoms with E-state index in [0.717, 1.165) is 32.3 Å². The molecule has 0 aliphatic carbocycles. The van der Waals surface area contributed by atoms with E-state index in [1.165, 1.54) is 0 Å². The lowest BCUT2D eigenvalue weighted by molar-refractivity contribution is -0.151. The molecule has 0 rings (SSSR count). The molecule has 3 heteroatoms. The van der Waals surface area contributed by atoms with Gasteiger partial charge in [0, 0.05) is 13.0 Å². The second-order valence-electron chi connectivity index (χ2n) is 3.83. The molecule has 0 bridgehead atoms. The van der Waals surface area contributed by atoms with Gasteiger partial charge in [0.1, 0.15) is 6.10 Å². The van der Waals surface area contributed by atoms with E-state index < -0.39 is 0 Å². The molecule has 0 saturated heterocycles. The number of carbonyl (C=O) groups excluding carboxylic acids is 1. The topological polar surface area (TPSA) is 35.5 Å². The van der Waals surface area contributed by atoms with Gasteiger partial charge in [-0.05, 0) is 19.8 Å². The molecule has 0 aromatic rings. The lowest BCUT2D eigenvalue weighted by Crippen LogP contribution is -2.20. The van der Waals surface area contributed by atoms with Gasteiger partial charge in [-0.3, -0.25) is 4.79 Å². The van der Waals surface area contributed by atoms with Gasteiger partial charge < -0.3 is 9.47 Å². The summed E-state index contributed by atoms with van der Waals surface area (Å²) >= 11 is 0. The molecule has 1 unspecified atom stereocenters. The van der Waals surface area contributed by atoms with Crippen molar-refractivity contribution in [3.63, 3.8) is 0 Å². The zero-order valence-electron chi connectivity index (χ0n) is 10.3. The minimum atomic E-state index is -0.120. The second-order valence-corrected chi connectivity index (χ2v) is 3.83. The number of unbranched alkanes of at least 4 members (excludes halogenated alkanes) is 2. The molecule has 15 heavy (non-hydrogen) atoms. The predicted molar refractivity (Wildman–Crippen MR) is 60.8 cm³/mol. The van der Waals surface area contributed by atoms with Gasteiger partial charge in [-0.2, -0.15) is 0 Å². The minimum Gasteiger partial charge on any atom is -0.460 e. The molecule has 0 aromatic carbocycles. The Balaban J connectivity index is 3.40. The summed E-state index contributed by atoms with van der Waals surface area (Å²) in [7, 11) is 0. The van der Waals surface area contributed by atoms with Gasteiger partial charge in [0.2, 0.25) is 0 Å². The molecule has 0 amide bonds. The Morgan fingerprint density at radius 3 is 2.53 bits per heavy atom. The van der Waals surface area contributed by atoms with Crippen molar-refractivity contribution in [2.24, 2.45) is 0 Å². The smallest absolute Gasteiger partial charge is 0.306 e. The zero-order valence-corrected chi connectivity index (χ0v) is 10.3. The normalized spacial score (nSPS) is 12.5. The number of hydrogen-bond donors (Lipinski definition) is 0. The van der Waals surface area contributed by atoms with Gasteiger partial charge in [0.15, 0.2) is 0 Å². The summed E-state index contributed by atoms with van der Waals surface area (Å²) in [5.74, 6) is -0.101. The molecular weight excluding hydrogens is 192 g/mol. The van der Waals surface area contributed by atoms with Crippen molar-refractivity contribution in [2.45, 2.75) is 59.0 Å². The number of carbonyl (C=O) groups is 1. The van der Waals surface area contributed by atoms with E-state index in [2.05, 4.69) is 13.8 Å². The van der Waals surface area contributed by atoms with Crippen LogP contribution in [0.3, 0.4) is 0 Å². The van der Waals surface area contributed by atoms with Gasteiger partial charge in [-0.15, -0.1) is 0 Å². The zero-order chi connectivity index (χ0) is 11.5. The molecule has 0 radical (unpaired) electrons. The Morgan fingerprint density at radius 2 is 1.93 bits per heavy atom. The summed E-state index contributed by atoms with van der Waals surface area (Å²) in [5, 5.41) is 0. The van der Waals surface area contributed by atoms with E-state index in [0.29, 0.717) is 13.0 Å². The van der Waals surface area contributed by atoms with Crippen LogP contribution in [0.4, 0.5) is 0 Å². The predicted octanol–water partition coefficient (Wildman–Crippen LogP) is 2.93. The Hall–Kier alpha value is -0.570. The number of hydrogen-bond acceptors (Lipinski definition) is 3. The number of ether oxygens (including phenoxy) is 2.